The van der Waals surface area contributed by atoms with E-state index in [0.717, 1.165) is 22.3 Å². The minimum Gasteiger partial charge on any atom is -0.459 e. The molecule has 0 radical (unpaired) electrons. The number of benzene rings is 2. The highest BCUT2D eigenvalue weighted by Crippen LogP contribution is 2.44. The zero-order chi connectivity index (χ0) is 33.3. The fourth-order valence-corrected chi connectivity index (χ4v) is 5.24. The van der Waals surface area contributed by atoms with Gasteiger partial charge in [-0.05, 0) is 48.4 Å². The van der Waals surface area contributed by atoms with Crippen molar-refractivity contribution in [3.8, 4) is 11.1 Å². The lowest BCUT2D eigenvalue weighted by Gasteiger charge is -2.22. The SMILES string of the molecule is C=CCC[C@H](NC(=O)OCC1c2ccccc2-c2ccccc21)C(=O)O[C@@H](C)CNC(=O)[C@@H](CC=C)CC(=O)NCCOCCO. The van der Waals surface area contributed by atoms with E-state index in [-0.39, 0.29) is 76.5 Å². The summed E-state index contributed by atoms with van der Waals surface area (Å²) in [6, 6.07) is 15.0. The Bertz CT molecular complexity index is 1300. The Balaban J connectivity index is 1.49. The van der Waals surface area contributed by atoms with Crippen LogP contribution in [0.1, 0.15) is 49.7 Å². The predicted molar refractivity (Wildman–Crippen MR) is 174 cm³/mol. The van der Waals surface area contributed by atoms with Gasteiger partial charge in [0.05, 0.1) is 32.3 Å². The molecule has 2 aromatic carbocycles. The highest BCUT2D eigenvalue weighted by Gasteiger charge is 2.30. The van der Waals surface area contributed by atoms with Gasteiger partial charge >= 0.3 is 12.1 Å². The largest absolute Gasteiger partial charge is 0.459 e. The van der Waals surface area contributed by atoms with Crippen molar-refractivity contribution in [3.05, 3.63) is 85.0 Å². The Kier molecular flexibility index (Phi) is 15.0. The molecular formula is C35H45N3O8. The summed E-state index contributed by atoms with van der Waals surface area (Å²) in [5.41, 5.74) is 4.38. The second kappa shape index (κ2) is 19.1. The number of hydrogen-bond donors (Lipinski definition) is 4. The molecule has 11 nitrogen and oxygen atoms in total. The van der Waals surface area contributed by atoms with Gasteiger partial charge in [0.1, 0.15) is 18.8 Å². The van der Waals surface area contributed by atoms with Crippen molar-refractivity contribution in [1.82, 2.24) is 16.0 Å². The number of carbonyl (C=O) groups is 4. The van der Waals surface area contributed by atoms with E-state index < -0.39 is 30.1 Å². The quantitative estimate of drug-likeness (QED) is 0.0979. The third-order valence-electron chi connectivity index (χ3n) is 7.52. The zero-order valence-corrected chi connectivity index (χ0v) is 26.4. The van der Waals surface area contributed by atoms with Gasteiger partial charge in [0.15, 0.2) is 0 Å². The average Bonchev–Trinajstić information content (AvgIpc) is 3.37. The summed E-state index contributed by atoms with van der Waals surface area (Å²) in [6.07, 6.45) is 2.68. The average molecular weight is 636 g/mol. The summed E-state index contributed by atoms with van der Waals surface area (Å²) in [4.78, 5) is 51.0. The number of nitrogens with one attached hydrogen (secondary N) is 3. The van der Waals surface area contributed by atoms with Crippen LogP contribution in [0.2, 0.25) is 0 Å². The van der Waals surface area contributed by atoms with Crippen molar-refractivity contribution in [2.24, 2.45) is 5.92 Å². The second-order valence-electron chi connectivity index (χ2n) is 11.0. The summed E-state index contributed by atoms with van der Waals surface area (Å²) in [6.45, 7) is 9.68. The first-order chi connectivity index (χ1) is 22.3. The van der Waals surface area contributed by atoms with Gasteiger partial charge < -0.3 is 35.3 Å². The zero-order valence-electron chi connectivity index (χ0n) is 26.4. The smallest absolute Gasteiger partial charge is 0.407 e. The van der Waals surface area contributed by atoms with Crippen LogP contribution in [0.5, 0.6) is 0 Å². The normalized spacial score (nSPS) is 13.7. The number of esters is 1. The van der Waals surface area contributed by atoms with E-state index in [1.54, 1.807) is 19.1 Å². The molecular weight excluding hydrogens is 590 g/mol. The van der Waals surface area contributed by atoms with E-state index in [4.69, 9.17) is 19.3 Å². The van der Waals surface area contributed by atoms with Crippen LogP contribution in [-0.4, -0.2) is 80.6 Å². The van der Waals surface area contributed by atoms with Crippen molar-refractivity contribution in [2.75, 3.05) is 39.5 Å². The van der Waals surface area contributed by atoms with E-state index in [2.05, 4.69) is 41.2 Å². The molecule has 0 aromatic heterocycles. The Morgan fingerprint density at radius 3 is 2.26 bits per heavy atom. The molecule has 0 saturated heterocycles. The molecule has 0 aliphatic heterocycles. The summed E-state index contributed by atoms with van der Waals surface area (Å²) in [7, 11) is 0. The van der Waals surface area contributed by atoms with Crippen molar-refractivity contribution >= 4 is 23.9 Å². The lowest BCUT2D eigenvalue weighted by atomic mass is 9.98. The van der Waals surface area contributed by atoms with Crippen molar-refractivity contribution in [1.29, 1.82) is 0 Å². The van der Waals surface area contributed by atoms with Crippen molar-refractivity contribution < 1.29 is 38.5 Å². The first kappa shape index (κ1) is 36.0. The van der Waals surface area contributed by atoms with Crippen LogP contribution in [0.15, 0.2) is 73.8 Å². The van der Waals surface area contributed by atoms with Crippen molar-refractivity contribution in [2.45, 2.75) is 50.7 Å². The molecule has 0 bridgehead atoms. The number of rotatable bonds is 20. The van der Waals surface area contributed by atoms with Crippen LogP contribution in [0.4, 0.5) is 4.79 Å². The van der Waals surface area contributed by atoms with E-state index >= 15 is 0 Å². The Morgan fingerprint density at radius 1 is 0.957 bits per heavy atom. The molecule has 0 unspecified atom stereocenters. The van der Waals surface area contributed by atoms with Gasteiger partial charge in [-0.25, -0.2) is 9.59 Å². The lowest BCUT2D eigenvalue weighted by molar-refractivity contribution is -0.151. The van der Waals surface area contributed by atoms with Gasteiger partial charge in [0.2, 0.25) is 11.8 Å². The summed E-state index contributed by atoms with van der Waals surface area (Å²) < 4.78 is 16.3. The molecule has 1 aliphatic rings. The number of fused-ring (bicyclic) bond motifs is 3. The van der Waals surface area contributed by atoms with E-state index in [0.29, 0.717) is 6.42 Å². The molecule has 0 saturated carbocycles. The van der Waals surface area contributed by atoms with Crippen LogP contribution in [0.3, 0.4) is 0 Å². The van der Waals surface area contributed by atoms with Gasteiger partial charge in [-0.2, -0.15) is 0 Å². The number of alkyl carbamates (subject to hydrolysis) is 1. The van der Waals surface area contributed by atoms with Crippen LogP contribution in [-0.2, 0) is 28.6 Å². The lowest BCUT2D eigenvalue weighted by Crippen LogP contribution is -2.45. The standard InChI is InChI=1S/C35H45N3O8/c1-4-6-16-31(38-35(43)45-23-30-28-14-9-7-12-26(28)27-13-8-10-15-29(27)30)34(42)46-24(3)22-37-33(41)25(11-5-2)21-32(40)36-17-19-44-20-18-39/h4-5,7-10,12-15,24-25,30-31,39H,1-2,6,11,16-23H2,3H3,(H,36,40)(H,37,41)(H,38,43)/t24-,25-,31-/m0/s1. The van der Waals surface area contributed by atoms with Crippen LogP contribution < -0.4 is 16.0 Å². The molecule has 11 heteroatoms. The van der Waals surface area contributed by atoms with Crippen LogP contribution >= 0.6 is 0 Å². The number of amides is 3. The van der Waals surface area contributed by atoms with Crippen molar-refractivity contribution in [3.63, 3.8) is 0 Å². The summed E-state index contributed by atoms with van der Waals surface area (Å²) in [5, 5.41) is 16.8. The number of ether oxygens (including phenoxy) is 3. The molecule has 2 aromatic rings. The molecule has 0 fully saturated rings. The fourth-order valence-electron chi connectivity index (χ4n) is 5.24. The van der Waals surface area contributed by atoms with Crippen LogP contribution in [0, 0.1) is 5.92 Å². The molecule has 46 heavy (non-hydrogen) atoms. The fraction of sp³-hybridized carbons (Fsp3) is 0.429. The summed E-state index contributed by atoms with van der Waals surface area (Å²) >= 11 is 0. The third-order valence-corrected chi connectivity index (χ3v) is 7.52. The number of aliphatic hydroxyl groups excluding tert-OH is 1. The maximum atomic E-state index is 13.0. The highest BCUT2D eigenvalue weighted by atomic mass is 16.6. The molecule has 0 spiro atoms. The van der Waals surface area contributed by atoms with Gasteiger partial charge in [0, 0.05) is 18.9 Å². The summed E-state index contributed by atoms with van der Waals surface area (Å²) in [5.74, 6) is -2.15. The predicted octanol–water partition coefficient (Wildman–Crippen LogP) is 3.62. The minimum atomic E-state index is -0.981. The van der Waals surface area contributed by atoms with Gasteiger partial charge in [-0.3, -0.25) is 9.59 Å². The first-order valence-electron chi connectivity index (χ1n) is 15.6. The number of aliphatic hydroxyl groups is 1. The molecule has 248 valence electrons. The number of allylic oxidation sites excluding steroid dienone is 2. The van der Waals surface area contributed by atoms with Gasteiger partial charge in [-0.1, -0.05) is 60.7 Å². The molecule has 1 aliphatic carbocycles. The Morgan fingerprint density at radius 2 is 1.63 bits per heavy atom. The third kappa shape index (κ3) is 10.8. The molecule has 3 amide bonds. The maximum Gasteiger partial charge on any atom is 0.407 e. The van der Waals surface area contributed by atoms with E-state index in [9.17, 15) is 19.2 Å². The Labute approximate surface area is 270 Å². The topological polar surface area (TPSA) is 152 Å². The first-order valence-corrected chi connectivity index (χ1v) is 15.6. The molecule has 3 rings (SSSR count). The number of carbonyl (C=O) groups excluding carboxylic acids is 4. The second-order valence-corrected chi connectivity index (χ2v) is 11.0. The maximum absolute atomic E-state index is 13.0. The Hall–Kier alpha value is -4.48. The van der Waals surface area contributed by atoms with E-state index in [1.807, 2.05) is 36.4 Å². The van der Waals surface area contributed by atoms with Gasteiger partial charge in [-0.15, -0.1) is 13.2 Å². The highest BCUT2D eigenvalue weighted by molar-refractivity contribution is 5.86. The molecule has 4 N–H and O–H groups in total. The minimum absolute atomic E-state index is 0.00789. The van der Waals surface area contributed by atoms with E-state index in [1.165, 1.54) is 0 Å². The van der Waals surface area contributed by atoms with Crippen LogP contribution in [0.25, 0.3) is 11.1 Å². The van der Waals surface area contributed by atoms with Gasteiger partial charge in [0.25, 0.3) is 0 Å². The monoisotopic (exact) mass is 635 g/mol. The molecule has 0 heterocycles. The number of hydrogen-bond acceptors (Lipinski definition) is 8. The molecule has 3 atom stereocenters.